The summed E-state index contributed by atoms with van der Waals surface area (Å²) in [7, 11) is -1.86. The van der Waals surface area contributed by atoms with Gasteiger partial charge < -0.3 is 10.2 Å². The highest BCUT2D eigenvalue weighted by Gasteiger charge is 2.27. The number of allylic oxidation sites excluding steroid dienone is 3. The van der Waals surface area contributed by atoms with Gasteiger partial charge in [-0.25, -0.2) is 9.00 Å². The molecule has 0 fully saturated rings. The number of carbonyl (C=O) groups is 2. The zero-order valence-electron chi connectivity index (χ0n) is 18.7. The summed E-state index contributed by atoms with van der Waals surface area (Å²) in [5, 5.41) is 3.24. The molecule has 0 radical (unpaired) electrons. The number of anilines is 1. The quantitative estimate of drug-likeness (QED) is 0.469. The van der Waals surface area contributed by atoms with Crippen LogP contribution in [-0.2, 0) is 22.2 Å². The van der Waals surface area contributed by atoms with Crippen LogP contribution in [0.4, 0.5) is 10.5 Å². The van der Waals surface area contributed by atoms with E-state index in [0.717, 1.165) is 5.56 Å². The molecular weight excluding hydrogens is 458 g/mol. The van der Waals surface area contributed by atoms with Gasteiger partial charge in [-0.3, -0.25) is 9.52 Å². The number of halogens is 1. The zero-order valence-corrected chi connectivity index (χ0v) is 20.3. The van der Waals surface area contributed by atoms with Crippen LogP contribution in [0.15, 0.2) is 90.4 Å². The van der Waals surface area contributed by atoms with E-state index in [-0.39, 0.29) is 12.3 Å². The molecule has 0 saturated heterocycles. The molecule has 0 aliphatic carbocycles. The minimum atomic E-state index is -1.86. The summed E-state index contributed by atoms with van der Waals surface area (Å²) in [4.78, 5) is 28.1. The van der Waals surface area contributed by atoms with Gasteiger partial charge in [-0.2, -0.15) is 0 Å². The molecule has 2 aromatic rings. The van der Waals surface area contributed by atoms with Crippen molar-refractivity contribution in [3.8, 4) is 0 Å². The van der Waals surface area contributed by atoms with Crippen LogP contribution in [-0.4, -0.2) is 28.7 Å². The highest BCUT2D eigenvalue weighted by molar-refractivity contribution is 7.87. The zero-order chi connectivity index (χ0) is 24.4. The first-order valence-corrected chi connectivity index (χ1v) is 11.9. The molecule has 0 heterocycles. The van der Waals surface area contributed by atoms with Crippen LogP contribution in [0.1, 0.15) is 19.4 Å². The van der Waals surface area contributed by atoms with Gasteiger partial charge in [-0.05, 0) is 49.2 Å². The first-order chi connectivity index (χ1) is 15.8. The van der Waals surface area contributed by atoms with E-state index in [0.29, 0.717) is 27.7 Å². The molecule has 0 bridgehead atoms. The molecule has 3 amide bonds. The number of likely N-dealkylation sites (N-methyl/N-ethyl adjacent to an activating group) is 1. The van der Waals surface area contributed by atoms with E-state index in [2.05, 4.69) is 23.2 Å². The standard InChI is InChI=1S/C25H28ClN3O3S/c1-5-18(4)23(6-2)33(32)28-25(31)27-22(17-19-11-9-8-10-12-19)24(30)29(7-3)21-15-13-20(26)14-16-21/h5-6,8-16,22H,1-2,7,17H2,3-4H3,(H2,27,28,31)/b23-18+. The normalized spacial score (nSPS) is 13.2. The Kier molecular flexibility index (Phi) is 10.1. The lowest BCUT2D eigenvalue weighted by atomic mass is 10.0. The molecule has 2 aromatic carbocycles. The predicted molar refractivity (Wildman–Crippen MR) is 136 cm³/mol. The summed E-state index contributed by atoms with van der Waals surface area (Å²) in [5.74, 6) is -0.300. The van der Waals surface area contributed by atoms with E-state index in [1.54, 1.807) is 36.1 Å². The van der Waals surface area contributed by atoms with Crippen LogP contribution in [0.3, 0.4) is 0 Å². The fourth-order valence-corrected chi connectivity index (χ4v) is 4.13. The first-order valence-electron chi connectivity index (χ1n) is 10.4. The van der Waals surface area contributed by atoms with E-state index in [1.807, 2.05) is 37.3 Å². The number of amides is 3. The van der Waals surface area contributed by atoms with Gasteiger partial charge in [-0.1, -0.05) is 67.2 Å². The highest BCUT2D eigenvalue weighted by Crippen LogP contribution is 2.19. The number of nitrogens with one attached hydrogen (secondary N) is 2. The molecule has 0 aliphatic rings. The average Bonchev–Trinajstić information content (AvgIpc) is 2.81. The van der Waals surface area contributed by atoms with E-state index >= 15 is 0 Å². The van der Waals surface area contributed by atoms with Crippen molar-refractivity contribution in [1.29, 1.82) is 0 Å². The Morgan fingerprint density at radius 1 is 1.09 bits per heavy atom. The topological polar surface area (TPSA) is 78.5 Å². The Morgan fingerprint density at radius 2 is 1.73 bits per heavy atom. The summed E-state index contributed by atoms with van der Waals surface area (Å²) < 4.78 is 15.0. The van der Waals surface area contributed by atoms with Gasteiger partial charge in [0.15, 0.2) is 11.0 Å². The van der Waals surface area contributed by atoms with Crippen molar-refractivity contribution in [2.45, 2.75) is 26.3 Å². The lowest BCUT2D eigenvalue weighted by Crippen LogP contribution is -2.52. The molecule has 2 atom stereocenters. The molecule has 2 N–H and O–H groups in total. The highest BCUT2D eigenvalue weighted by atomic mass is 35.5. The minimum Gasteiger partial charge on any atom is -0.325 e. The number of hydrogen-bond acceptors (Lipinski definition) is 3. The third kappa shape index (κ3) is 7.44. The summed E-state index contributed by atoms with van der Waals surface area (Å²) >= 11 is 5.98. The van der Waals surface area contributed by atoms with Gasteiger partial charge >= 0.3 is 6.03 Å². The first kappa shape index (κ1) is 26.1. The van der Waals surface area contributed by atoms with E-state index in [1.165, 1.54) is 12.2 Å². The Hall–Kier alpha value is -3.16. The maximum Gasteiger partial charge on any atom is 0.327 e. The lowest BCUT2D eigenvalue weighted by Gasteiger charge is -2.27. The van der Waals surface area contributed by atoms with Crippen molar-refractivity contribution < 1.29 is 13.8 Å². The minimum absolute atomic E-state index is 0.264. The third-order valence-corrected chi connectivity index (χ3v) is 6.38. The largest absolute Gasteiger partial charge is 0.327 e. The van der Waals surface area contributed by atoms with Crippen molar-refractivity contribution in [2.24, 2.45) is 0 Å². The maximum atomic E-state index is 13.5. The summed E-state index contributed by atoms with van der Waals surface area (Å²) in [5.41, 5.74) is 2.16. The SMILES string of the molecule is C=C/C(C)=C(\C=C)S(=O)NC(=O)NC(Cc1ccccc1)C(=O)N(CC)c1ccc(Cl)cc1. The maximum absolute atomic E-state index is 13.5. The molecule has 0 aliphatic heterocycles. The summed E-state index contributed by atoms with van der Waals surface area (Å²) in [6.45, 7) is 11.2. The number of urea groups is 1. The van der Waals surface area contributed by atoms with Crippen LogP contribution in [0.5, 0.6) is 0 Å². The van der Waals surface area contributed by atoms with Crippen LogP contribution in [0.2, 0.25) is 5.02 Å². The van der Waals surface area contributed by atoms with E-state index < -0.39 is 23.1 Å². The second kappa shape index (κ2) is 12.8. The van der Waals surface area contributed by atoms with Crippen molar-refractivity contribution >= 4 is 40.2 Å². The molecule has 174 valence electrons. The molecule has 33 heavy (non-hydrogen) atoms. The smallest absolute Gasteiger partial charge is 0.325 e. The van der Waals surface area contributed by atoms with Gasteiger partial charge in [0, 0.05) is 23.7 Å². The lowest BCUT2D eigenvalue weighted by molar-refractivity contribution is -0.120. The number of hydrogen-bond donors (Lipinski definition) is 2. The van der Waals surface area contributed by atoms with Crippen LogP contribution in [0, 0.1) is 0 Å². The van der Waals surface area contributed by atoms with E-state index in [4.69, 9.17) is 11.6 Å². The number of rotatable bonds is 10. The molecule has 2 unspecified atom stereocenters. The van der Waals surface area contributed by atoms with Crippen molar-refractivity contribution in [3.05, 3.63) is 101 Å². The summed E-state index contributed by atoms with van der Waals surface area (Å²) in [6.07, 6.45) is 3.19. The molecule has 0 saturated carbocycles. The van der Waals surface area contributed by atoms with Crippen molar-refractivity contribution in [1.82, 2.24) is 10.0 Å². The Labute approximate surface area is 202 Å². The molecule has 2 rings (SSSR count). The number of carbonyl (C=O) groups excluding carboxylic acids is 2. The van der Waals surface area contributed by atoms with Crippen molar-refractivity contribution in [2.75, 3.05) is 11.4 Å². The van der Waals surface area contributed by atoms with Gasteiger partial charge in [0.05, 0.1) is 4.91 Å². The van der Waals surface area contributed by atoms with Gasteiger partial charge in [0.25, 0.3) is 0 Å². The average molecular weight is 486 g/mol. The Morgan fingerprint density at radius 3 is 2.27 bits per heavy atom. The van der Waals surface area contributed by atoms with Gasteiger partial charge in [-0.15, -0.1) is 0 Å². The third-order valence-electron chi connectivity index (χ3n) is 4.87. The summed E-state index contributed by atoms with van der Waals surface area (Å²) in [6, 6.07) is 14.6. The van der Waals surface area contributed by atoms with Crippen LogP contribution >= 0.6 is 11.6 Å². The number of nitrogens with zero attached hydrogens (tertiary/aromatic N) is 1. The Bertz CT molecular complexity index is 1050. The second-order valence-corrected chi connectivity index (χ2v) is 8.72. The molecule has 8 heteroatoms. The monoisotopic (exact) mass is 485 g/mol. The van der Waals surface area contributed by atoms with Gasteiger partial charge in [0.2, 0.25) is 5.91 Å². The van der Waals surface area contributed by atoms with Crippen LogP contribution in [0.25, 0.3) is 0 Å². The van der Waals surface area contributed by atoms with Crippen molar-refractivity contribution in [3.63, 3.8) is 0 Å². The predicted octanol–water partition coefficient (Wildman–Crippen LogP) is 4.91. The molecular formula is C25H28ClN3O3S. The number of benzene rings is 2. The second-order valence-electron chi connectivity index (χ2n) is 7.10. The van der Waals surface area contributed by atoms with Crippen LogP contribution < -0.4 is 14.9 Å². The molecule has 0 aromatic heterocycles. The van der Waals surface area contributed by atoms with Gasteiger partial charge in [0.1, 0.15) is 6.04 Å². The fraction of sp³-hybridized carbons (Fsp3) is 0.200. The Balaban J connectivity index is 2.27. The van der Waals surface area contributed by atoms with E-state index in [9.17, 15) is 13.8 Å². The molecule has 6 nitrogen and oxygen atoms in total. The molecule has 0 spiro atoms. The fourth-order valence-electron chi connectivity index (χ4n) is 3.14.